The van der Waals surface area contributed by atoms with Gasteiger partial charge >= 0.3 is 11.6 Å². The van der Waals surface area contributed by atoms with Crippen molar-refractivity contribution < 1.29 is 32.5 Å². The molecule has 4 aromatic rings. The van der Waals surface area contributed by atoms with Crippen molar-refractivity contribution in [3.05, 3.63) is 99.6 Å². The van der Waals surface area contributed by atoms with Crippen LogP contribution in [0.1, 0.15) is 84.8 Å². The molecule has 0 N–H and O–H groups in total. The summed E-state index contributed by atoms with van der Waals surface area (Å²) in [4.78, 5) is 11.6. The summed E-state index contributed by atoms with van der Waals surface area (Å²) in [5.74, 6) is 0.0410. The lowest BCUT2D eigenvalue weighted by atomic mass is 9.95. The molecule has 0 bridgehead atoms. The van der Waals surface area contributed by atoms with E-state index < -0.39 is 11.6 Å². The first-order valence-electron chi connectivity index (χ1n) is 17.3. The van der Waals surface area contributed by atoms with Crippen LogP contribution in [-0.4, -0.2) is 36.0 Å². The summed E-state index contributed by atoms with van der Waals surface area (Å²) in [5.41, 5.74) is 5.20. The van der Waals surface area contributed by atoms with Gasteiger partial charge in [-0.25, -0.2) is 4.79 Å². The number of epoxide rings is 1. The molecule has 8 heteroatoms. The Balaban J connectivity index is 0.974. The molecule has 2 fully saturated rings. The molecule has 0 radical (unpaired) electrons. The zero-order chi connectivity index (χ0) is 34.4. The molecule has 3 atom stereocenters. The minimum Gasteiger partial charge on any atom is -0.489 e. The summed E-state index contributed by atoms with van der Waals surface area (Å²) >= 11 is 0. The van der Waals surface area contributed by atoms with Gasteiger partial charge in [-0.3, -0.25) is 0 Å². The SMILES string of the molecule is C/C(=C\CCc1c2c(cc3occc13)OC1(C=C2)OC(CC/C(C)=C/COc2ccc3ccc(=O)oc3c2)C(C)(C)O1)CCC1OC1(C)C. The number of fused-ring (bicyclic) bond motifs is 3. The molecule has 3 aliphatic heterocycles. The van der Waals surface area contributed by atoms with Gasteiger partial charge in [-0.2, -0.15) is 0 Å². The van der Waals surface area contributed by atoms with Gasteiger partial charge in [0.25, 0.3) is 0 Å². The fourth-order valence-corrected chi connectivity index (χ4v) is 6.94. The Bertz CT molecular complexity index is 2010. The van der Waals surface area contributed by atoms with Crippen molar-refractivity contribution in [3.63, 3.8) is 0 Å². The lowest BCUT2D eigenvalue weighted by Gasteiger charge is -2.31. The van der Waals surface area contributed by atoms with E-state index in [4.69, 9.17) is 32.5 Å². The van der Waals surface area contributed by atoms with Gasteiger partial charge in [-0.1, -0.05) is 17.2 Å². The van der Waals surface area contributed by atoms with Crippen molar-refractivity contribution in [2.45, 2.75) is 109 Å². The molecule has 2 aromatic carbocycles. The van der Waals surface area contributed by atoms with Gasteiger partial charge in [-0.15, -0.1) is 0 Å². The number of ether oxygens (including phenoxy) is 5. The molecule has 2 saturated heterocycles. The standard InChI is InChI=1S/C41H46O8/c1-26(10-15-36-39(3,4)47-36)8-7-9-30-31-18-21-41(46-35(31)25-34-32(30)20-23-44-34)48-37(40(5,6)49-41)16-11-27(2)19-22-43-29-14-12-28-13-17-38(42)45-33(28)24-29/h8,12-14,17-21,23-25,36-37H,7,9-11,15-16,22H2,1-6H3/b26-8+,27-19+. The van der Waals surface area contributed by atoms with Gasteiger partial charge in [0, 0.05) is 40.6 Å². The molecule has 3 unspecified atom stereocenters. The zero-order valence-electron chi connectivity index (χ0n) is 29.3. The van der Waals surface area contributed by atoms with Crippen LogP contribution in [0.4, 0.5) is 0 Å². The van der Waals surface area contributed by atoms with E-state index in [-0.39, 0.29) is 17.3 Å². The Morgan fingerprint density at radius 1 is 0.878 bits per heavy atom. The van der Waals surface area contributed by atoms with E-state index in [9.17, 15) is 4.79 Å². The Kier molecular flexibility index (Phi) is 8.84. The van der Waals surface area contributed by atoms with Gasteiger partial charge in [0.15, 0.2) is 0 Å². The van der Waals surface area contributed by atoms with Gasteiger partial charge in [-0.05, 0) is 122 Å². The normalized spacial score (nSPS) is 24.0. The van der Waals surface area contributed by atoms with Gasteiger partial charge in [0.1, 0.15) is 29.3 Å². The molecule has 1 spiro atoms. The molecule has 2 aromatic heterocycles. The second-order valence-electron chi connectivity index (χ2n) is 14.6. The minimum absolute atomic E-state index is 0.0385. The lowest BCUT2D eigenvalue weighted by molar-refractivity contribution is -0.270. The summed E-state index contributed by atoms with van der Waals surface area (Å²) in [6.07, 6.45) is 15.8. The first-order chi connectivity index (χ1) is 23.4. The third-order valence-electron chi connectivity index (χ3n) is 10.00. The predicted molar refractivity (Wildman–Crippen MR) is 190 cm³/mol. The van der Waals surface area contributed by atoms with Gasteiger partial charge in [0.05, 0.1) is 29.7 Å². The molecule has 3 aliphatic rings. The number of allylic oxidation sites excluding steroid dienone is 3. The fraction of sp³-hybridized carbons (Fsp3) is 0.439. The van der Waals surface area contributed by atoms with E-state index in [0.717, 1.165) is 60.4 Å². The Morgan fingerprint density at radius 3 is 2.39 bits per heavy atom. The highest BCUT2D eigenvalue weighted by Gasteiger charge is 2.54. The van der Waals surface area contributed by atoms with Crippen LogP contribution < -0.4 is 15.1 Å². The lowest BCUT2D eigenvalue weighted by Crippen LogP contribution is -2.39. The summed E-state index contributed by atoms with van der Waals surface area (Å²) in [6, 6.07) is 12.6. The van der Waals surface area contributed by atoms with E-state index in [1.807, 2.05) is 44.2 Å². The maximum Gasteiger partial charge on any atom is 0.350 e. The molecule has 7 rings (SSSR count). The fourth-order valence-electron chi connectivity index (χ4n) is 6.94. The minimum atomic E-state index is -1.31. The van der Waals surface area contributed by atoms with Crippen molar-refractivity contribution in [3.8, 4) is 11.5 Å². The molecule has 0 aliphatic carbocycles. The topological polar surface area (TPSA) is 92.8 Å². The molecule has 49 heavy (non-hydrogen) atoms. The highest BCUT2D eigenvalue weighted by Crippen LogP contribution is 2.46. The van der Waals surface area contributed by atoms with Crippen molar-refractivity contribution in [2.75, 3.05) is 6.61 Å². The predicted octanol–water partition coefficient (Wildman–Crippen LogP) is 9.43. The molecular formula is C41H46O8. The summed E-state index contributed by atoms with van der Waals surface area (Å²) < 4.78 is 42.5. The summed E-state index contributed by atoms with van der Waals surface area (Å²) in [5, 5.41) is 1.96. The number of hydrogen-bond donors (Lipinski definition) is 0. The summed E-state index contributed by atoms with van der Waals surface area (Å²) in [7, 11) is 0. The van der Waals surface area contributed by atoms with Gasteiger partial charge in [0.2, 0.25) is 0 Å². The van der Waals surface area contributed by atoms with Crippen LogP contribution in [0.25, 0.3) is 28.0 Å². The highest BCUT2D eigenvalue weighted by molar-refractivity contribution is 5.88. The monoisotopic (exact) mass is 666 g/mol. The van der Waals surface area contributed by atoms with Crippen LogP contribution in [-0.2, 0) is 20.6 Å². The maximum absolute atomic E-state index is 11.6. The van der Waals surface area contributed by atoms with Gasteiger partial charge < -0.3 is 32.5 Å². The molecule has 0 amide bonds. The quantitative estimate of drug-likeness (QED) is 0.0839. The third kappa shape index (κ3) is 7.28. The van der Waals surface area contributed by atoms with E-state index in [1.54, 1.807) is 18.4 Å². The van der Waals surface area contributed by atoms with Crippen molar-refractivity contribution in [1.82, 2.24) is 0 Å². The average molecular weight is 667 g/mol. The van der Waals surface area contributed by atoms with Crippen LogP contribution in [0.2, 0.25) is 0 Å². The van der Waals surface area contributed by atoms with E-state index in [1.165, 1.54) is 22.8 Å². The number of rotatable bonds is 12. The number of hydrogen-bond acceptors (Lipinski definition) is 8. The first-order valence-corrected chi connectivity index (χ1v) is 17.3. The smallest absolute Gasteiger partial charge is 0.350 e. The Hall–Kier alpha value is -4.11. The Morgan fingerprint density at radius 2 is 1.61 bits per heavy atom. The zero-order valence-corrected chi connectivity index (χ0v) is 29.3. The molecule has 258 valence electrons. The van der Waals surface area contributed by atoms with Crippen molar-refractivity contribution in [2.24, 2.45) is 0 Å². The third-order valence-corrected chi connectivity index (χ3v) is 10.00. The molecule has 0 saturated carbocycles. The first kappa shape index (κ1) is 33.4. The van der Waals surface area contributed by atoms with Crippen molar-refractivity contribution >= 4 is 28.0 Å². The highest BCUT2D eigenvalue weighted by atomic mass is 16.9. The second kappa shape index (κ2) is 13.0. The van der Waals surface area contributed by atoms with Crippen LogP contribution in [0.15, 0.2) is 91.7 Å². The number of furan rings is 1. The average Bonchev–Trinajstić information content (AvgIpc) is 3.31. The molecule has 8 nitrogen and oxygen atoms in total. The summed E-state index contributed by atoms with van der Waals surface area (Å²) in [6.45, 7) is 13.1. The second-order valence-corrected chi connectivity index (χ2v) is 14.6. The number of benzene rings is 2. The maximum atomic E-state index is 11.6. The largest absolute Gasteiger partial charge is 0.489 e. The Labute approximate surface area is 287 Å². The van der Waals surface area contributed by atoms with E-state index in [2.05, 4.69) is 45.9 Å². The van der Waals surface area contributed by atoms with Crippen LogP contribution in [0.5, 0.6) is 11.5 Å². The van der Waals surface area contributed by atoms with Crippen LogP contribution >= 0.6 is 0 Å². The van der Waals surface area contributed by atoms with Crippen molar-refractivity contribution in [1.29, 1.82) is 0 Å². The molecule has 5 heterocycles. The van der Waals surface area contributed by atoms with E-state index >= 15 is 0 Å². The van der Waals surface area contributed by atoms with Crippen LogP contribution in [0.3, 0.4) is 0 Å². The van der Waals surface area contributed by atoms with E-state index in [0.29, 0.717) is 29.8 Å². The molecular weight excluding hydrogens is 620 g/mol. The number of aryl methyl sites for hydroxylation is 1. The van der Waals surface area contributed by atoms with Crippen LogP contribution in [0, 0.1) is 0 Å².